The van der Waals surface area contributed by atoms with Crippen LogP contribution in [0.2, 0.25) is 0 Å². The number of aliphatic hydroxyl groups excluding tert-OH is 1. The molecule has 1 rings (SSSR count). The minimum Gasteiger partial charge on any atom is -0.494 e. The number of halogens is 2. The smallest absolute Gasteiger partial charge is 0.322 e. The number of hydrogen-bond acceptors (Lipinski definition) is 4. The van der Waals surface area contributed by atoms with Crippen molar-refractivity contribution in [3.05, 3.63) is 23.8 Å². The minimum atomic E-state index is -1.08. The van der Waals surface area contributed by atoms with Gasteiger partial charge in [-0.15, -0.1) is 0 Å². The van der Waals surface area contributed by atoms with Crippen molar-refractivity contribution >= 4 is 11.7 Å². The Morgan fingerprint density at radius 2 is 1.96 bits per heavy atom. The first-order valence-corrected chi connectivity index (χ1v) is 7.20. The molecule has 8 heteroatoms. The van der Waals surface area contributed by atoms with Crippen LogP contribution in [0.15, 0.2) is 12.1 Å². The molecule has 0 heterocycles. The quantitative estimate of drug-likeness (QED) is 0.716. The van der Waals surface area contributed by atoms with Gasteiger partial charge in [-0.2, -0.15) is 0 Å². The lowest BCUT2D eigenvalue weighted by Gasteiger charge is -2.27. The molecule has 6 nitrogen and oxygen atoms in total. The van der Waals surface area contributed by atoms with E-state index < -0.39 is 17.7 Å². The average molecular weight is 332 g/mol. The predicted octanol–water partition coefficient (Wildman–Crippen LogP) is 2.22. The highest BCUT2D eigenvalue weighted by atomic mass is 19.2. The molecule has 0 aliphatic heterocycles. The van der Waals surface area contributed by atoms with Gasteiger partial charge in [0, 0.05) is 24.7 Å². The van der Waals surface area contributed by atoms with Gasteiger partial charge in [-0.05, 0) is 13.8 Å². The van der Waals surface area contributed by atoms with Gasteiger partial charge in [-0.3, -0.25) is 0 Å². The van der Waals surface area contributed by atoms with E-state index in [-0.39, 0.29) is 43.8 Å². The number of rotatable bonds is 8. The second-order valence-corrected chi connectivity index (χ2v) is 5.02. The molecule has 0 saturated carbocycles. The predicted molar refractivity (Wildman–Crippen MR) is 81.7 cm³/mol. The van der Waals surface area contributed by atoms with E-state index in [4.69, 9.17) is 14.6 Å². The number of nitrogens with one attached hydrogen (secondary N) is 1. The monoisotopic (exact) mass is 332 g/mol. The third kappa shape index (κ3) is 5.65. The topological polar surface area (TPSA) is 71.0 Å². The van der Waals surface area contributed by atoms with Gasteiger partial charge in [-0.1, -0.05) is 0 Å². The number of benzene rings is 1. The van der Waals surface area contributed by atoms with E-state index in [9.17, 15) is 13.6 Å². The van der Waals surface area contributed by atoms with Crippen molar-refractivity contribution in [1.82, 2.24) is 4.90 Å². The van der Waals surface area contributed by atoms with Crippen molar-refractivity contribution in [2.24, 2.45) is 0 Å². The molecule has 1 aromatic carbocycles. The van der Waals surface area contributed by atoms with Gasteiger partial charge >= 0.3 is 6.03 Å². The number of methoxy groups -OCH3 is 1. The second-order valence-electron chi connectivity index (χ2n) is 5.02. The van der Waals surface area contributed by atoms with Crippen LogP contribution in [-0.4, -0.2) is 55.6 Å². The first-order chi connectivity index (χ1) is 10.9. The first kappa shape index (κ1) is 19.1. The molecule has 0 fully saturated rings. The fraction of sp³-hybridized carbons (Fsp3) is 0.533. The zero-order chi connectivity index (χ0) is 17.4. The molecule has 2 N–H and O–H groups in total. The van der Waals surface area contributed by atoms with Gasteiger partial charge < -0.3 is 24.8 Å². The summed E-state index contributed by atoms with van der Waals surface area (Å²) in [4.78, 5) is 13.8. The van der Waals surface area contributed by atoms with Gasteiger partial charge in [0.1, 0.15) is 5.75 Å². The zero-order valence-electron chi connectivity index (χ0n) is 13.4. The van der Waals surface area contributed by atoms with E-state index in [2.05, 4.69) is 5.32 Å². The molecular weight excluding hydrogens is 310 g/mol. The Bertz CT molecular complexity index is 526. The summed E-state index contributed by atoms with van der Waals surface area (Å²) >= 11 is 0. The lowest BCUT2D eigenvalue weighted by Crippen LogP contribution is -2.42. The maximum Gasteiger partial charge on any atom is 0.322 e. The van der Waals surface area contributed by atoms with Crippen LogP contribution >= 0.6 is 0 Å². The summed E-state index contributed by atoms with van der Waals surface area (Å²) in [5.74, 6) is -2.11. The number of amides is 2. The number of anilines is 1. The average Bonchev–Trinajstić information content (AvgIpc) is 2.50. The number of urea groups is 1. The van der Waals surface area contributed by atoms with Crippen molar-refractivity contribution in [2.75, 3.05) is 38.8 Å². The van der Waals surface area contributed by atoms with Crippen molar-refractivity contribution in [3.63, 3.8) is 0 Å². The van der Waals surface area contributed by atoms with Crippen molar-refractivity contribution in [1.29, 1.82) is 0 Å². The lowest BCUT2D eigenvalue weighted by atomic mass is 10.2. The molecule has 0 aliphatic carbocycles. The van der Waals surface area contributed by atoms with E-state index in [1.807, 2.05) is 13.8 Å². The molecule has 0 aliphatic rings. The summed E-state index contributed by atoms with van der Waals surface area (Å²) in [5.41, 5.74) is 0.0401. The van der Waals surface area contributed by atoms with Crippen LogP contribution in [0.1, 0.15) is 13.8 Å². The SMILES string of the molecule is COc1cc(F)c(F)cc1NC(=O)N(CCOCCO)C(C)C. The molecule has 0 saturated heterocycles. The number of hydrogen-bond donors (Lipinski definition) is 2. The Morgan fingerprint density at radius 1 is 1.30 bits per heavy atom. The van der Waals surface area contributed by atoms with E-state index in [0.29, 0.717) is 0 Å². The van der Waals surface area contributed by atoms with Gasteiger partial charge in [0.05, 0.1) is 32.6 Å². The lowest BCUT2D eigenvalue weighted by molar-refractivity contribution is 0.0757. The normalized spacial score (nSPS) is 10.7. The summed E-state index contributed by atoms with van der Waals surface area (Å²) in [7, 11) is 1.30. The van der Waals surface area contributed by atoms with Crippen LogP contribution in [-0.2, 0) is 4.74 Å². The van der Waals surface area contributed by atoms with E-state index in [1.165, 1.54) is 12.0 Å². The van der Waals surface area contributed by atoms with E-state index in [1.54, 1.807) is 0 Å². The fourth-order valence-electron chi connectivity index (χ4n) is 1.91. The first-order valence-electron chi connectivity index (χ1n) is 7.20. The van der Waals surface area contributed by atoms with Gasteiger partial charge in [0.15, 0.2) is 11.6 Å². The van der Waals surface area contributed by atoms with Gasteiger partial charge in [0.2, 0.25) is 0 Å². The van der Waals surface area contributed by atoms with Gasteiger partial charge in [0.25, 0.3) is 0 Å². The number of aliphatic hydroxyl groups is 1. The maximum absolute atomic E-state index is 13.4. The summed E-state index contributed by atoms with van der Waals surface area (Å²) in [6, 6.07) is 1.11. The van der Waals surface area contributed by atoms with E-state index >= 15 is 0 Å². The number of ether oxygens (including phenoxy) is 2. The van der Waals surface area contributed by atoms with Crippen molar-refractivity contribution in [2.45, 2.75) is 19.9 Å². The highest BCUT2D eigenvalue weighted by Crippen LogP contribution is 2.27. The molecule has 1 aromatic rings. The molecule has 0 unspecified atom stereocenters. The van der Waals surface area contributed by atoms with Crippen molar-refractivity contribution < 1.29 is 28.2 Å². The molecule has 0 radical (unpaired) electrons. The minimum absolute atomic E-state index is 0.0255. The van der Waals surface area contributed by atoms with Crippen LogP contribution in [0, 0.1) is 11.6 Å². The largest absolute Gasteiger partial charge is 0.494 e. The third-order valence-electron chi connectivity index (χ3n) is 3.08. The summed E-state index contributed by atoms with van der Waals surface area (Å²) in [6.45, 7) is 4.25. The number of carbonyl (C=O) groups is 1. The molecule has 2 amide bonds. The third-order valence-corrected chi connectivity index (χ3v) is 3.08. The highest BCUT2D eigenvalue weighted by molar-refractivity contribution is 5.91. The Kier molecular flexibility index (Phi) is 7.70. The summed E-state index contributed by atoms with van der Waals surface area (Å²) in [5, 5.41) is 11.2. The molecule has 0 aromatic heterocycles. The summed E-state index contributed by atoms with van der Waals surface area (Å²) in [6.07, 6.45) is 0. The van der Waals surface area contributed by atoms with Crippen LogP contribution in [0.4, 0.5) is 19.3 Å². The van der Waals surface area contributed by atoms with Crippen LogP contribution in [0.5, 0.6) is 5.75 Å². The summed E-state index contributed by atoms with van der Waals surface area (Å²) < 4.78 is 36.6. The fourth-order valence-corrected chi connectivity index (χ4v) is 1.91. The molecule has 0 bridgehead atoms. The second kappa shape index (κ2) is 9.26. The zero-order valence-corrected chi connectivity index (χ0v) is 13.4. The molecule has 130 valence electrons. The van der Waals surface area contributed by atoms with E-state index in [0.717, 1.165) is 12.1 Å². The van der Waals surface area contributed by atoms with Crippen molar-refractivity contribution in [3.8, 4) is 5.75 Å². The maximum atomic E-state index is 13.4. The highest BCUT2D eigenvalue weighted by Gasteiger charge is 2.19. The standard InChI is InChI=1S/C15H22F2N2O4/c1-10(2)19(4-6-23-7-5-20)15(21)18-13-8-11(16)12(17)9-14(13)22-3/h8-10,20H,4-7H2,1-3H3,(H,18,21). The molecular formula is C15H22F2N2O4. The molecule has 23 heavy (non-hydrogen) atoms. The number of carbonyl (C=O) groups excluding carboxylic acids is 1. The Morgan fingerprint density at radius 3 is 2.52 bits per heavy atom. The Balaban J connectivity index is 2.80. The van der Waals surface area contributed by atoms with Crippen LogP contribution in [0.3, 0.4) is 0 Å². The Hall–Kier alpha value is -1.93. The Labute approximate surface area is 134 Å². The number of nitrogens with zero attached hydrogens (tertiary/aromatic N) is 1. The van der Waals surface area contributed by atoms with Crippen LogP contribution < -0.4 is 10.1 Å². The molecule has 0 atom stereocenters. The molecule has 0 spiro atoms. The van der Waals surface area contributed by atoms with Crippen LogP contribution in [0.25, 0.3) is 0 Å². The van der Waals surface area contributed by atoms with Gasteiger partial charge in [-0.25, -0.2) is 13.6 Å².